The number of carbonyl (C=O) groups excluding carboxylic acids is 1. The van der Waals surface area contributed by atoms with Crippen molar-refractivity contribution in [1.29, 1.82) is 0 Å². The van der Waals surface area contributed by atoms with Crippen LogP contribution in [-0.2, 0) is 7.05 Å². The second kappa shape index (κ2) is 4.68. The van der Waals surface area contributed by atoms with Gasteiger partial charge in [0.1, 0.15) is 0 Å². The van der Waals surface area contributed by atoms with Crippen molar-refractivity contribution in [1.82, 2.24) is 14.8 Å². The molecule has 0 aliphatic carbocycles. The lowest BCUT2D eigenvalue weighted by Crippen LogP contribution is -2.17. The van der Waals surface area contributed by atoms with Gasteiger partial charge >= 0.3 is 0 Å². The second-order valence-corrected chi connectivity index (χ2v) is 4.14. The highest BCUT2D eigenvalue weighted by Gasteiger charge is 2.21. The number of halogens is 1. The van der Waals surface area contributed by atoms with Crippen molar-refractivity contribution in [2.45, 2.75) is 6.92 Å². The average Bonchev–Trinajstić information content (AvgIpc) is 2.78. The third-order valence-electron chi connectivity index (χ3n) is 2.83. The van der Waals surface area contributed by atoms with Gasteiger partial charge in [-0.15, -0.1) is 0 Å². The number of hydrogen-bond acceptors (Lipinski definition) is 4. The molecule has 0 aliphatic heterocycles. The molecule has 0 aromatic carbocycles. The first kappa shape index (κ1) is 13.0. The van der Waals surface area contributed by atoms with Crippen molar-refractivity contribution in [2.75, 3.05) is 12.4 Å². The Morgan fingerprint density at radius 1 is 1.53 bits per heavy atom. The molecule has 0 saturated heterocycles. The maximum absolute atomic E-state index is 14.0. The summed E-state index contributed by atoms with van der Waals surface area (Å²) >= 11 is 0. The lowest BCUT2D eigenvalue weighted by atomic mass is 10.0. The average molecular weight is 263 g/mol. The van der Waals surface area contributed by atoms with Crippen LogP contribution in [0.5, 0.6) is 0 Å². The van der Waals surface area contributed by atoms with Crippen molar-refractivity contribution in [3.63, 3.8) is 0 Å². The van der Waals surface area contributed by atoms with Crippen molar-refractivity contribution in [2.24, 2.45) is 12.8 Å². The second-order valence-electron chi connectivity index (χ2n) is 4.14. The third kappa shape index (κ3) is 2.14. The first-order chi connectivity index (χ1) is 8.95. The number of carbonyl (C=O) groups is 1. The van der Waals surface area contributed by atoms with Crippen LogP contribution >= 0.6 is 0 Å². The highest BCUT2D eigenvalue weighted by Crippen LogP contribution is 2.28. The standard InChI is InChI=1S/C12H14FN5O/c1-6-8(11(14)19)10(7-4-16-18(3)5-7)17-12(15-2)9(6)13/h4-5H,1-3H3,(H2,14,19)(H,15,17). The van der Waals surface area contributed by atoms with E-state index in [0.29, 0.717) is 11.3 Å². The predicted octanol–water partition coefficient (Wildman–Crippen LogP) is 1.07. The summed E-state index contributed by atoms with van der Waals surface area (Å²) < 4.78 is 15.5. The van der Waals surface area contributed by atoms with Gasteiger partial charge in [-0.3, -0.25) is 9.48 Å². The SMILES string of the molecule is CNc1nc(-c2cnn(C)c2)c(C(N)=O)c(C)c1F. The van der Waals surface area contributed by atoms with E-state index in [1.807, 2.05) is 0 Å². The summed E-state index contributed by atoms with van der Waals surface area (Å²) in [7, 11) is 3.30. The van der Waals surface area contributed by atoms with Crippen LogP contribution in [0.4, 0.5) is 10.2 Å². The molecule has 2 aromatic rings. The normalized spacial score (nSPS) is 10.5. The Labute approximate surface area is 109 Å². The molecule has 6 nitrogen and oxygen atoms in total. The molecular formula is C12H14FN5O. The van der Waals surface area contributed by atoms with Gasteiger partial charge in [0.05, 0.1) is 17.5 Å². The van der Waals surface area contributed by atoms with Crippen molar-refractivity contribution in [3.8, 4) is 11.3 Å². The van der Waals surface area contributed by atoms with Crippen LogP contribution in [0.1, 0.15) is 15.9 Å². The van der Waals surface area contributed by atoms with E-state index in [4.69, 9.17) is 5.73 Å². The lowest BCUT2D eigenvalue weighted by Gasteiger charge is -2.12. The fourth-order valence-corrected chi connectivity index (χ4v) is 1.90. The fraction of sp³-hybridized carbons (Fsp3) is 0.250. The molecule has 0 fully saturated rings. The molecule has 100 valence electrons. The summed E-state index contributed by atoms with van der Waals surface area (Å²) in [6.45, 7) is 1.50. The predicted molar refractivity (Wildman–Crippen MR) is 69.2 cm³/mol. The van der Waals surface area contributed by atoms with Crippen LogP contribution in [0.15, 0.2) is 12.4 Å². The molecule has 0 aliphatic rings. The van der Waals surface area contributed by atoms with Gasteiger partial charge in [-0.1, -0.05) is 0 Å². The largest absolute Gasteiger partial charge is 0.371 e. The fourth-order valence-electron chi connectivity index (χ4n) is 1.90. The Balaban J connectivity index is 2.77. The van der Waals surface area contributed by atoms with Crippen LogP contribution in [0.3, 0.4) is 0 Å². The molecule has 0 atom stereocenters. The number of pyridine rings is 1. The molecule has 0 radical (unpaired) electrons. The van der Waals surface area contributed by atoms with Gasteiger partial charge in [-0.05, 0) is 6.92 Å². The topological polar surface area (TPSA) is 85.8 Å². The molecule has 2 rings (SSSR count). The lowest BCUT2D eigenvalue weighted by molar-refractivity contribution is 0.0999. The number of aromatic nitrogens is 3. The Morgan fingerprint density at radius 2 is 2.21 bits per heavy atom. The van der Waals surface area contributed by atoms with E-state index in [2.05, 4.69) is 15.4 Å². The third-order valence-corrected chi connectivity index (χ3v) is 2.83. The van der Waals surface area contributed by atoms with E-state index < -0.39 is 11.7 Å². The zero-order valence-electron chi connectivity index (χ0n) is 10.9. The zero-order chi connectivity index (χ0) is 14.2. The summed E-state index contributed by atoms with van der Waals surface area (Å²) in [5.41, 5.74) is 6.50. The Morgan fingerprint density at radius 3 is 2.68 bits per heavy atom. The Hall–Kier alpha value is -2.44. The molecular weight excluding hydrogens is 249 g/mol. The minimum absolute atomic E-state index is 0.0707. The van der Waals surface area contributed by atoms with Crippen molar-refractivity contribution >= 4 is 11.7 Å². The van der Waals surface area contributed by atoms with Crippen molar-refractivity contribution < 1.29 is 9.18 Å². The number of hydrogen-bond donors (Lipinski definition) is 2. The minimum Gasteiger partial charge on any atom is -0.371 e. The van der Waals surface area contributed by atoms with E-state index in [9.17, 15) is 9.18 Å². The molecule has 0 unspecified atom stereocenters. The summed E-state index contributed by atoms with van der Waals surface area (Å²) in [5.74, 6) is -1.23. The maximum atomic E-state index is 14.0. The number of primary amides is 1. The highest BCUT2D eigenvalue weighted by molar-refractivity contribution is 6.00. The number of nitrogens with one attached hydrogen (secondary N) is 1. The summed E-state index contributed by atoms with van der Waals surface area (Å²) in [4.78, 5) is 15.7. The van der Waals surface area contributed by atoms with Gasteiger partial charge in [0.15, 0.2) is 11.6 Å². The molecule has 19 heavy (non-hydrogen) atoms. The van der Waals surface area contributed by atoms with Gasteiger partial charge in [0, 0.05) is 31.4 Å². The molecule has 7 heteroatoms. The van der Waals surface area contributed by atoms with E-state index in [0.717, 1.165) is 0 Å². The molecule has 2 heterocycles. The monoisotopic (exact) mass is 263 g/mol. The first-order valence-electron chi connectivity index (χ1n) is 5.62. The molecule has 1 amide bonds. The molecule has 3 N–H and O–H groups in total. The zero-order valence-corrected chi connectivity index (χ0v) is 10.9. The van der Waals surface area contributed by atoms with Gasteiger partial charge in [-0.2, -0.15) is 5.10 Å². The number of anilines is 1. The number of aryl methyl sites for hydroxylation is 1. The number of amides is 1. The van der Waals surface area contributed by atoms with Gasteiger partial charge in [0.25, 0.3) is 5.91 Å². The maximum Gasteiger partial charge on any atom is 0.251 e. The number of rotatable bonds is 3. The van der Waals surface area contributed by atoms with Gasteiger partial charge in [-0.25, -0.2) is 9.37 Å². The minimum atomic E-state index is -0.717. The smallest absolute Gasteiger partial charge is 0.251 e. The summed E-state index contributed by atoms with van der Waals surface area (Å²) in [6, 6.07) is 0. The molecule has 0 spiro atoms. The first-order valence-corrected chi connectivity index (χ1v) is 5.62. The Kier molecular flexibility index (Phi) is 3.20. The van der Waals surface area contributed by atoms with Crippen LogP contribution in [-0.4, -0.2) is 27.7 Å². The molecule has 0 bridgehead atoms. The van der Waals surface area contributed by atoms with Crippen LogP contribution in [0.2, 0.25) is 0 Å². The molecule has 0 saturated carbocycles. The molecule has 2 aromatic heterocycles. The summed E-state index contributed by atoms with van der Waals surface area (Å²) in [6.07, 6.45) is 3.23. The summed E-state index contributed by atoms with van der Waals surface area (Å²) in [5, 5.41) is 6.67. The van der Waals surface area contributed by atoms with Crippen LogP contribution in [0, 0.1) is 12.7 Å². The van der Waals surface area contributed by atoms with E-state index in [1.54, 1.807) is 31.2 Å². The van der Waals surface area contributed by atoms with E-state index >= 15 is 0 Å². The van der Waals surface area contributed by atoms with E-state index in [-0.39, 0.29) is 16.9 Å². The van der Waals surface area contributed by atoms with Crippen molar-refractivity contribution in [3.05, 3.63) is 29.3 Å². The van der Waals surface area contributed by atoms with Crippen LogP contribution in [0.25, 0.3) is 11.3 Å². The van der Waals surface area contributed by atoms with Gasteiger partial charge < -0.3 is 11.1 Å². The highest BCUT2D eigenvalue weighted by atomic mass is 19.1. The number of nitrogens with two attached hydrogens (primary N) is 1. The van der Waals surface area contributed by atoms with E-state index in [1.165, 1.54) is 6.92 Å². The quantitative estimate of drug-likeness (QED) is 0.867. The van der Waals surface area contributed by atoms with Gasteiger partial charge in [0.2, 0.25) is 0 Å². The number of nitrogens with zero attached hydrogens (tertiary/aromatic N) is 3. The van der Waals surface area contributed by atoms with Crippen LogP contribution < -0.4 is 11.1 Å². The Bertz CT molecular complexity index is 650.